The fourth-order valence-electron chi connectivity index (χ4n) is 3.84. The molecule has 1 amide bonds. The maximum Gasteiger partial charge on any atom is 0.435 e. The minimum atomic E-state index is -0.895. The second-order valence-corrected chi connectivity index (χ2v) is 9.92. The molecule has 0 saturated carbocycles. The quantitative estimate of drug-likeness (QED) is 0.748. The lowest BCUT2D eigenvalue weighted by atomic mass is 9.77. The smallest absolute Gasteiger partial charge is 0.435 e. The Kier molecular flexibility index (Phi) is 6.02. The van der Waals surface area contributed by atoms with Gasteiger partial charge in [-0.2, -0.15) is 9.78 Å². The first-order valence-corrected chi connectivity index (χ1v) is 10.4. The topological polar surface area (TPSA) is 93.9 Å². The molecule has 3 rings (SSSR count). The number of carboxylic acid groups (broad SMARTS) is 1. The minimum Gasteiger partial charge on any atom is -0.489 e. The van der Waals surface area contributed by atoms with Crippen LogP contribution in [0.25, 0.3) is 0 Å². The van der Waals surface area contributed by atoms with E-state index >= 15 is 0 Å². The van der Waals surface area contributed by atoms with Crippen molar-refractivity contribution in [2.45, 2.75) is 66.2 Å². The van der Waals surface area contributed by atoms with Crippen LogP contribution in [0.4, 0.5) is 9.59 Å². The second-order valence-electron chi connectivity index (χ2n) is 9.92. The van der Waals surface area contributed by atoms with Crippen LogP contribution in [0.3, 0.4) is 0 Å². The number of amides is 1. The molecular formula is C23H31N3O5. The van der Waals surface area contributed by atoms with Crippen LogP contribution in [0.2, 0.25) is 0 Å². The molecule has 1 aliphatic rings. The Hall–Kier alpha value is -3.03. The highest BCUT2D eigenvalue weighted by molar-refractivity contribution is 5.69. The van der Waals surface area contributed by atoms with E-state index in [1.165, 1.54) is 4.90 Å². The number of hydrogen-bond acceptors (Lipinski definition) is 5. The highest BCUT2D eigenvalue weighted by Gasteiger charge is 2.38. The predicted octanol–water partition coefficient (Wildman–Crippen LogP) is 4.87. The van der Waals surface area contributed by atoms with Crippen LogP contribution in [0.1, 0.15) is 64.3 Å². The van der Waals surface area contributed by atoms with Crippen molar-refractivity contribution in [2.75, 3.05) is 6.54 Å². The minimum absolute atomic E-state index is 0.213. The largest absolute Gasteiger partial charge is 0.489 e. The summed E-state index contributed by atoms with van der Waals surface area (Å²) in [5, 5.41) is 13.7. The maximum atomic E-state index is 12.1. The standard InChI is InChI=1S/C23H31N3O5/c1-22(2,3)19-18-8-7-17(11-16(18)9-10-25(19)20(27)28)30-14-15-12-24-26(13-15)21(29)31-23(4,5)6/h7-8,11-13,19H,9-10,14H2,1-6H3,(H,27,28). The van der Waals surface area contributed by atoms with E-state index in [0.29, 0.717) is 18.7 Å². The van der Waals surface area contributed by atoms with Gasteiger partial charge in [-0.25, -0.2) is 9.59 Å². The van der Waals surface area contributed by atoms with Gasteiger partial charge < -0.3 is 19.5 Å². The first kappa shape index (κ1) is 22.7. The number of benzene rings is 1. The van der Waals surface area contributed by atoms with Crippen LogP contribution in [-0.2, 0) is 17.8 Å². The number of ether oxygens (including phenoxy) is 2. The first-order chi connectivity index (χ1) is 14.3. The Morgan fingerprint density at radius 2 is 1.90 bits per heavy atom. The molecule has 8 nitrogen and oxygen atoms in total. The van der Waals surface area contributed by atoms with Crippen molar-refractivity contribution in [3.8, 4) is 5.75 Å². The third-order valence-corrected chi connectivity index (χ3v) is 5.03. The molecule has 168 valence electrons. The summed E-state index contributed by atoms with van der Waals surface area (Å²) in [6.45, 7) is 12.3. The van der Waals surface area contributed by atoms with Gasteiger partial charge in [0.15, 0.2) is 0 Å². The van der Waals surface area contributed by atoms with Gasteiger partial charge in [-0.3, -0.25) is 0 Å². The van der Waals surface area contributed by atoms with E-state index in [1.807, 2.05) is 18.2 Å². The molecule has 8 heteroatoms. The lowest BCUT2D eigenvalue weighted by Gasteiger charge is -2.43. The van der Waals surface area contributed by atoms with Crippen LogP contribution < -0.4 is 4.74 Å². The van der Waals surface area contributed by atoms with Gasteiger partial charge in [0.1, 0.15) is 18.0 Å². The van der Waals surface area contributed by atoms with Gasteiger partial charge in [0.25, 0.3) is 0 Å². The van der Waals surface area contributed by atoms with Gasteiger partial charge in [-0.05, 0) is 55.9 Å². The lowest BCUT2D eigenvalue weighted by molar-refractivity contribution is 0.0514. The number of hydrogen-bond donors (Lipinski definition) is 1. The molecule has 0 fully saturated rings. The predicted molar refractivity (Wildman–Crippen MR) is 115 cm³/mol. The molecule has 1 unspecified atom stereocenters. The molecular weight excluding hydrogens is 398 g/mol. The van der Waals surface area contributed by atoms with E-state index in [9.17, 15) is 14.7 Å². The fraction of sp³-hybridized carbons (Fsp3) is 0.522. The Balaban J connectivity index is 1.72. The maximum absolute atomic E-state index is 12.1. The van der Waals surface area contributed by atoms with Crippen LogP contribution in [0.15, 0.2) is 30.6 Å². The van der Waals surface area contributed by atoms with Crippen molar-refractivity contribution in [3.05, 3.63) is 47.3 Å². The molecule has 1 aromatic carbocycles. The summed E-state index contributed by atoms with van der Waals surface area (Å²) in [6, 6.07) is 5.59. The van der Waals surface area contributed by atoms with Crippen LogP contribution in [-0.4, -0.2) is 44.1 Å². The number of nitrogens with zero attached hydrogens (tertiary/aromatic N) is 3. The van der Waals surface area contributed by atoms with E-state index in [1.54, 1.807) is 33.2 Å². The average molecular weight is 430 g/mol. The SMILES string of the molecule is CC(C)(C)OC(=O)n1cc(COc2ccc3c(c2)CCN(C(=O)O)C3C(C)(C)C)cn1. The monoisotopic (exact) mass is 429 g/mol. The molecule has 1 atom stereocenters. The van der Waals surface area contributed by atoms with Crippen molar-refractivity contribution >= 4 is 12.2 Å². The summed E-state index contributed by atoms with van der Waals surface area (Å²) in [7, 11) is 0. The average Bonchev–Trinajstić information content (AvgIpc) is 3.12. The number of carbonyl (C=O) groups excluding carboxylic acids is 1. The molecule has 0 saturated heterocycles. The summed E-state index contributed by atoms with van der Waals surface area (Å²) in [6.07, 6.45) is 2.37. The van der Waals surface area contributed by atoms with E-state index in [0.717, 1.165) is 21.4 Å². The molecule has 1 aliphatic heterocycles. The molecule has 2 heterocycles. The molecule has 31 heavy (non-hydrogen) atoms. The molecule has 1 N–H and O–H groups in total. The first-order valence-electron chi connectivity index (χ1n) is 10.4. The summed E-state index contributed by atoms with van der Waals surface area (Å²) in [5.41, 5.74) is 2.04. The Bertz CT molecular complexity index is 968. The second kappa shape index (κ2) is 8.24. The van der Waals surface area contributed by atoms with Crippen LogP contribution >= 0.6 is 0 Å². The summed E-state index contributed by atoms with van der Waals surface area (Å²) in [5.74, 6) is 0.695. The van der Waals surface area contributed by atoms with Gasteiger partial charge in [0.05, 0.1) is 12.2 Å². The van der Waals surface area contributed by atoms with Crippen LogP contribution in [0, 0.1) is 5.41 Å². The number of fused-ring (bicyclic) bond motifs is 1. The van der Waals surface area contributed by atoms with Crippen molar-refractivity contribution in [1.82, 2.24) is 14.7 Å². The molecule has 0 aliphatic carbocycles. The summed E-state index contributed by atoms with van der Waals surface area (Å²) < 4.78 is 12.4. The Morgan fingerprint density at radius 3 is 2.52 bits per heavy atom. The highest BCUT2D eigenvalue weighted by atomic mass is 16.6. The summed E-state index contributed by atoms with van der Waals surface area (Å²) in [4.78, 5) is 25.3. The molecule has 2 aromatic rings. The van der Waals surface area contributed by atoms with E-state index in [-0.39, 0.29) is 18.1 Å². The molecule has 1 aromatic heterocycles. The zero-order chi connectivity index (χ0) is 23.0. The fourth-order valence-corrected chi connectivity index (χ4v) is 3.84. The van der Waals surface area contributed by atoms with Crippen molar-refractivity contribution in [3.63, 3.8) is 0 Å². The third-order valence-electron chi connectivity index (χ3n) is 5.03. The van der Waals surface area contributed by atoms with E-state index in [2.05, 4.69) is 25.9 Å². The van der Waals surface area contributed by atoms with Crippen molar-refractivity contribution < 1.29 is 24.2 Å². The molecule has 0 bridgehead atoms. The normalized spacial score (nSPS) is 16.6. The lowest BCUT2D eigenvalue weighted by Crippen LogP contribution is -2.44. The van der Waals surface area contributed by atoms with E-state index in [4.69, 9.17) is 9.47 Å². The molecule has 0 radical (unpaired) electrons. The number of aromatic nitrogens is 2. The van der Waals surface area contributed by atoms with Crippen molar-refractivity contribution in [2.24, 2.45) is 5.41 Å². The van der Waals surface area contributed by atoms with Gasteiger partial charge in [-0.15, -0.1) is 0 Å². The van der Waals surface area contributed by atoms with Gasteiger partial charge in [0.2, 0.25) is 0 Å². The van der Waals surface area contributed by atoms with Crippen LogP contribution in [0.5, 0.6) is 5.75 Å². The Labute approximate surface area is 182 Å². The Morgan fingerprint density at radius 1 is 1.19 bits per heavy atom. The summed E-state index contributed by atoms with van der Waals surface area (Å²) >= 11 is 0. The van der Waals surface area contributed by atoms with Gasteiger partial charge >= 0.3 is 12.2 Å². The van der Waals surface area contributed by atoms with E-state index < -0.39 is 17.8 Å². The zero-order valence-corrected chi connectivity index (χ0v) is 19.0. The van der Waals surface area contributed by atoms with Crippen molar-refractivity contribution in [1.29, 1.82) is 0 Å². The zero-order valence-electron chi connectivity index (χ0n) is 19.0. The van der Waals surface area contributed by atoms with Gasteiger partial charge in [-0.1, -0.05) is 26.8 Å². The number of rotatable bonds is 3. The highest BCUT2D eigenvalue weighted by Crippen LogP contribution is 2.43. The third kappa shape index (κ3) is 5.37. The number of carbonyl (C=O) groups is 2. The molecule has 0 spiro atoms. The van der Waals surface area contributed by atoms with Gasteiger partial charge in [0, 0.05) is 18.3 Å².